The molecular weight excluding hydrogens is 178 g/mol. The van der Waals surface area contributed by atoms with Crippen LogP contribution in [-0.2, 0) is 0 Å². The van der Waals surface area contributed by atoms with Gasteiger partial charge in [-0.15, -0.1) is 0 Å². The van der Waals surface area contributed by atoms with Crippen LogP contribution in [-0.4, -0.2) is 12.2 Å². The van der Waals surface area contributed by atoms with Gasteiger partial charge in [0.2, 0.25) is 0 Å². The standard InChI is InChI=1S/C11H11NO2/c1-14-8-4-2-7-3-5-10(13)11(12)9(7)6-8/h2-6,13H,12H2,1H3. The van der Waals surface area contributed by atoms with Gasteiger partial charge in [-0.3, -0.25) is 0 Å². The summed E-state index contributed by atoms with van der Waals surface area (Å²) in [6.07, 6.45) is 0. The molecule has 0 aliphatic heterocycles. The van der Waals surface area contributed by atoms with E-state index in [2.05, 4.69) is 0 Å². The summed E-state index contributed by atoms with van der Waals surface area (Å²) in [5, 5.41) is 11.2. The van der Waals surface area contributed by atoms with E-state index in [0.717, 1.165) is 16.5 Å². The van der Waals surface area contributed by atoms with Crippen molar-refractivity contribution >= 4 is 16.5 Å². The molecule has 0 heterocycles. The van der Waals surface area contributed by atoms with Crippen molar-refractivity contribution in [3.8, 4) is 11.5 Å². The van der Waals surface area contributed by atoms with Crippen molar-refractivity contribution in [1.29, 1.82) is 0 Å². The van der Waals surface area contributed by atoms with Crippen molar-refractivity contribution in [1.82, 2.24) is 0 Å². The first-order chi connectivity index (χ1) is 6.72. The number of anilines is 1. The summed E-state index contributed by atoms with van der Waals surface area (Å²) in [6.45, 7) is 0. The van der Waals surface area contributed by atoms with Gasteiger partial charge in [0.25, 0.3) is 0 Å². The van der Waals surface area contributed by atoms with E-state index in [4.69, 9.17) is 10.5 Å². The van der Waals surface area contributed by atoms with E-state index in [0.29, 0.717) is 5.69 Å². The molecule has 0 unspecified atom stereocenters. The molecule has 0 bridgehead atoms. The summed E-state index contributed by atoms with van der Waals surface area (Å²) < 4.78 is 5.08. The molecule has 0 aliphatic carbocycles. The van der Waals surface area contributed by atoms with Crippen LogP contribution in [0.2, 0.25) is 0 Å². The summed E-state index contributed by atoms with van der Waals surface area (Å²) in [5.74, 6) is 0.834. The van der Waals surface area contributed by atoms with E-state index >= 15 is 0 Å². The van der Waals surface area contributed by atoms with Gasteiger partial charge in [0.05, 0.1) is 12.8 Å². The van der Waals surface area contributed by atoms with Crippen molar-refractivity contribution < 1.29 is 9.84 Å². The van der Waals surface area contributed by atoms with Crippen LogP contribution in [0.15, 0.2) is 30.3 Å². The van der Waals surface area contributed by atoms with Crippen LogP contribution in [0.1, 0.15) is 0 Å². The zero-order valence-electron chi connectivity index (χ0n) is 7.82. The molecule has 3 heteroatoms. The van der Waals surface area contributed by atoms with Crippen molar-refractivity contribution in [2.45, 2.75) is 0 Å². The van der Waals surface area contributed by atoms with Gasteiger partial charge in [0.15, 0.2) is 0 Å². The Kier molecular flexibility index (Phi) is 1.93. The number of hydrogen-bond acceptors (Lipinski definition) is 3. The number of methoxy groups -OCH3 is 1. The number of phenolic OH excluding ortho intramolecular Hbond substituents is 1. The Morgan fingerprint density at radius 1 is 1.21 bits per heavy atom. The molecular formula is C11H11NO2. The summed E-state index contributed by atoms with van der Waals surface area (Å²) in [7, 11) is 1.60. The largest absolute Gasteiger partial charge is 0.506 e. The summed E-state index contributed by atoms with van der Waals surface area (Å²) in [5.41, 5.74) is 6.13. The van der Waals surface area contributed by atoms with E-state index < -0.39 is 0 Å². The van der Waals surface area contributed by atoms with Gasteiger partial charge < -0.3 is 15.6 Å². The molecule has 3 N–H and O–H groups in total. The lowest BCUT2D eigenvalue weighted by Gasteiger charge is -2.06. The first-order valence-corrected chi connectivity index (χ1v) is 4.27. The lowest BCUT2D eigenvalue weighted by molar-refractivity contribution is 0.415. The van der Waals surface area contributed by atoms with Crippen LogP contribution in [0.5, 0.6) is 11.5 Å². The molecule has 0 saturated heterocycles. The summed E-state index contributed by atoms with van der Waals surface area (Å²) >= 11 is 0. The zero-order chi connectivity index (χ0) is 10.1. The Hall–Kier alpha value is -1.90. The van der Waals surface area contributed by atoms with Crippen LogP contribution < -0.4 is 10.5 Å². The van der Waals surface area contributed by atoms with Crippen molar-refractivity contribution in [3.63, 3.8) is 0 Å². The smallest absolute Gasteiger partial charge is 0.139 e. The van der Waals surface area contributed by atoms with Gasteiger partial charge in [0, 0.05) is 5.39 Å². The second-order valence-corrected chi connectivity index (χ2v) is 3.09. The summed E-state index contributed by atoms with van der Waals surface area (Å²) in [6, 6.07) is 8.98. The monoisotopic (exact) mass is 189 g/mol. The highest BCUT2D eigenvalue weighted by Gasteiger charge is 2.03. The number of hydrogen-bond donors (Lipinski definition) is 2. The second kappa shape index (κ2) is 3.10. The number of nitrogen functional groups attached to an aromatic ring is 1. The number of rotatable bonds is 1. The number of aromatic hydroxyl groups is 1. The minimum Gasteiger partial charge on any atom is -0.506 e. The molecule has 0 aromatic heterocycles. The number of ether oxygens (including phenoxy) is 1. The maximum Gasteiger partial charge on any atom is 0.139 e. The predicted molar refractivity (Wildman–Crippen MR) is 56.6 cm³/mol. The van der Waals surface area contributed by atoms with Gasteiger partial charge in [-0.1, -0.05) is 12.1 Å². The number of benzene rings is 2. The van der Waals surface area contributed by atoms with E-state index in [-0.39, 0.29) is 5.75 Å². The summed E-state index contributed by atoms with van der Waals surface area (Å²) in [4.78, 5) is 0. The van der Waals surface area contributed by atoms with Crippen LogP contribution in [0.25, 0.3) is 10.8 Å². The molecule has 0 saturated carbocycles. The molecule has 0 atom stereocenters. The molecule has 72 valence electrons. The maximum absolute atomic E-state index is 9.42. The Morgan fingerprint density at radius 2 is 1.93 bits per heavy atom. The average Bonchev–Trinajstić information content (AvgIpc) is 2.23. The zero-order valence-corrected chi connectivity index (χ0v) is 7.82. The minimum atomic E-state index is 0.103. The fourth-order valence-corrected chi connectivity index (χ4v) is 1.44. The quantitative estimate of drug-likeness (QED) is 0.533. The van der Waals surface area contributed by atoms with Gasteiger partial charge >= 0.3 is 0 Å². The fourth-order valence-electron chi connectivity index (χ4n) is 1.44. The van der Waals surface area contributed by atoms with Gasteiger partial charge in [-0.25, -0.2) is 0 Å². The highest BCUT2D eigenvalue weighted by molar-refractivity contribution is 5.96. The Morgan fingerprint density at radius 3 is 2.64 bits per heavy atom. The van der Waals surface area contributed by atoms with Crippen LogP contribution in [0.4, 0.5) is 5.69 Å². The molecule has 14 heavy (non-hydrogen) atoms. The highest BCUT2D eigenvalue weighted by Crippen LogP contribution is 2.31. The minimum absolute atomic E-state index is 0.103. The van der Waals surface area contributed by atoms with Gasteiger partial charge in [-0.05, 0) is 23.6 Å². The molecule has 0 spiro atoms. The van der Waals surface area contributed by atoms with Crippen LogP contribution in [0.3, 0.4) is 0 Å². The van der Waals surface area contributed by atoms with E-state index in [1.54, 1.807) is 13.2 Å². The molecule has 3 nitrogen and oxygen atoms in total. The SMILES string of the molecule is COc1ccc2ccc(O)c(N)c2c1. The molecule has 0 fully saturated rings. The lowest BCUT2D eigenvalue weighted by atomic mass is 10.1. The Labute approximate surface area is 81.7 Å². The number of nitrogens with two attached hydrogens (primary N) is 1. The molecule has 0 aliphatic rings. The lowest BCUT2D eigenvalue weighted by Crippen LogP contribution is -1.89. The second-order valence-electron chi connectivity index (χ2n) is 3.09. The third-order valence-electron chi connectivity index (χ3n) is 2.25. The fraction of sp³-hybridized carbons (Fsp3) is 0.0909. The third kappa shape index (κ3) is 1.23. The van der Waals surface area contributed by atoms with Crippen LogP contribution in [0, 0.1) is 0 Å². The number of phenols is 1. The van der Waals surface area contributed by atoms with E-state index in [9.17, 15) is 5.11 Å². The molecule has 2 rings (SSSR count). The molecule has 0 radical (unpaired) electrons. The average molecular weight is 189 g/mol. The molecule has 0 amide bonds. The van der Waals surface area contributed by atoms with Crippen molar-refractivity contribution in [3.05, 3.63) is 30.3 Å². The topological polar surface area (TPSA) is 55.5 Å². The van der Waals surface area contributed by atoms with Gasteiger partial charge in [-0.2, -0.15) is 0 Å². The van der Waals surface area contributed by atoms with Crippen molar-refractivity contribution in [2.75, 3.05) is 12.8 Å². The van der Waals surface area contributed by atoms with Gasteiger partial charge in [0.1, 0.15) is 11.5 Å². The van der Waals surface area contributed by atoms with E-state index in [1.165, 1.54) is 0 Å². The Bertz CT molecular complexity index is 480. The highest BCUT2D eigenvalue weighted by atomic mass is 16.5. The van der Waals surface area contributed by atoms with Crippen molar-refractivity contribution in [2.24, 2.45) is 0 Å². The molecule has 2 aromatic carbocycles. The van der Waals surface area contributed by atoms with Crippen LogP contribution >= 0.6 is 0 Å². The third-order valence-corrected chi connectivity index (χ3v) is 2.25. The first-order valence-electron chi connectivity index (χ1n) is 4.27. The normalized spacial score (nSPS) is 10.4. The predicted octanol–water partition coefficient (Wildman–Crippen LogP) is 2.14. The maximum atomic E-state index is 9.42. The first kappa shape index (κ1) is 8.69. The number of fused-ring (bicyclic) bond motifs is 1. The Balaban J connectivity index is 2.78. The van der Waals surface area contributed by atoms with E-state index in [1.807, 2.05) is 24.3 Å². The molecule has 2 aromatic rings.